The number of halogens is 3. The molecular formula is C30H29F3N10O2S. The number of alkyl halides is 3. The van der Waals surface area contributed by atoms with E-state index in [4.69, 9.17) is 0 Å². The SMILES string of the molecule is O=c1c(Nc2cccnc2)cc2cnc(Nc3ccc(NC4CCCNC4)cc3)nc2n1Cc1cncnc1[S+]([O-])CC(F)(F)F. The molecule has 0 radical (unpaired) electrons. The van der Waals surface area contributed by atoms with Crippen molar-refractivity contribution in [2.75, 3.05) is 34.8 Å². The molecule has 6 rings (SSSR count). The van der Waals surface area contributed by atoms with Crippen LogP contribution in [0.1, 0.15) is 18.4 Å². The molecule has 5 heterocycles. The average Bonchev–Trinajstić information content (AvgIpc) is 3.04. The van der Waals surface area contributed by atoms with Crippen LogP contribution in [0.15, 0.2) is 83.4 Å². The Morgan fingerprint density at radius 1 is 1.02 bits per heavy atom. The fraction of sp³-hybridized carbons (Fsp3) is 0.267. The quantitative estimate of drug-likeness (QED) is 0.126. The van der Waals surface area contributed by atoms with Gasteiger partial charge in [-0.1, -0.05) is 0 Å². The summed E-state index contributed by atoms with van der Waals surface area (Å²) in [5, 5.41) is 13.2. The van der Waals surface area contributed by atoms with E-state index < -0.39 is 28.7 Å². The molecule has 16 heteroatoms. The highest BCUT2D eigenvalue weighted by Gasteiger charge is 2.37. The first-order valence-corrected chi connectivity index (χ1v) is 15.7. The molecule has 1 saturated heterocycles. The number of piperidine rings is 1. The first-order valence-electron chi connectivity index (χ1n) is 14.4. The molecule has 1 fully saturated rings. The van der Waals surface area contributed by atoms with Crippen molar-refractivity contribution in [1.29, 1.82) is 0 Å². The maximum atomic E-state index is 13.9. The molecule has 4 N–H and O–H groups in total. The molecule has 12 nitrogen and oxygen atoms in total. The van der Waals surface area contributed by atoms with Gasteiger partial charge in [0.25, 0.3) is 10.6 Å². The van der Waals surface area contributed by atoms with Gasteiger partial charge in [0.05, 0.1) is 24.0 Å². The third-order valence-corrected chi connectivity index (χ3v) is 8.55. The lowest BCUT2D eigenvalue weighted by atomic mass is 10.1. The van der Waals surface area contributed by atoms with Gasteiger partial charge in [-0.25, -0.2) is 9.97 Å². The van der Waals surface area contributed by atoms with Crippen molar-refractivity contribution in [3.8, 4) is 0 Å². The Morgan fingerprint density at radius 2 is 1.85 bits per heavy atom. The number of fused-ring (bicyclic) bond motifs is 1. The van der Waals surface area contributed by atoms with E-state index in [-0.39, 0.29) is 34.4 Å². The first-order chi connectivity index (χ1) is 22.2. The van der Waals surface area contributed by atoms with Crippen molar-refractivity contribution in [3.63, 3.8) is 0 Å². The normalized spacial score (nSPS) is 15.8. The monoisotopic (exact) mass is 650 g/mol. The van der Waals surface area contributed by atoms with Crippen LogP contribution in [-0.4, -0.2) is 65.1 Å². The van der Waals surface area contributed by atoms with Crippen LogP contribution in [0.2, 0.25) is 0 Å². The number of hydrogen-bond acceptors (Lipinski definition) is 11. The van der Waals surface area contributed by atoms with E-state index in [1.54, 1.807) is 24.4 Å². The van der Waals surface area contributed by atoms with Crippen LogP contribution in [0.4, 0.5) is 41.9 Å². The zero-order chi connectivity index (χ0) is 32.1. The molecule has 46 heavy (non-hydrogen) atoms. The summed E-state index contributed by atoms with van der Waals surface area (Å²) in [5.41, 5.74) is 2.11. The van der Waals surface area contributed by atoms with Gasteiger partial charge in [0.15, 0.2) is 0 Å². The van der Waals surface area contributed by atoms with Gasteiger partial charge in [-0.2, -0.15) is 23.1 Å². The minimum atomic E-state index is -4.68. The summed E-state index contributed by atoms with van der Waals surface area (Å²) in [4.78, 5) is 34.7. The molecule has 238 valence electrons. The van der Waals surface area contributed by atoms with Crippen LogP contribution >= 0.6 is 0 Å². The van der Waals surface area contributed by atoms with Crippen molar-refractivity contribution in [2.24, 2.45) is 0 Å². The minimum Gasteiger partial charge on any atom is -0.610 e. The van der Waals surface area contributed by atoms with Gasteiger partial charge >= 0.3 is 6.18 Å². The van der Waals surface area contributed by atoms with E-state index in [9.17, 15) is 22.5 Å². The van der Waals surface area contributed by atoms with Crippen LogP contribution in [-0.2, 0) is 17.7 Å². The van der Waals surface area contributed by atoms with Crippen molar-refractivity contribution in [1.82, 2.24) is 34.8 Å². The Balaban J connectivity index is 1.34. The van der Waals surface area contributed by atoms with Crippen molar-refractivity contribution in [3.05, 3.63) is 89.5 Å². The third kappa shape index (κ3) is 7.70. The Bertz CT molecular complexity index is 1850. The third-order valence-electron chi connectivity index (χ3n) is 7.16. The van der Waals surface area contributed by atoms with E-state index in [1.807, 2.05) is 24.3 Å². The molecule has 0 amide bonds. The van der Waals surface area contributed by atoms with Crippen molar-refractivity contribution >= 4 is 50.9 Å². The minimum absolute atomic E-state index is 0.0800. The highest BCUT2D eigenvalue weighted by molar-refractivity contribution is 7.91. The Hall–Kier alpha value is -4.80. The van der Waals surface area contributed by atoms with Crippen LogP contribution in [0.3, 0.4) is 0 Å². The fourth-order valence-corrected chi connectivity index (χ4v) is 6.09. The van der Waals surface area contributed by atoms with Gasteiger partial charge in [-0.05, 0) is 61.9 Å². The summed E-state index contributed by atoms with van der Waals surface area (Å²) in [6.07, 6.45) is 4.45. The molecule has 1 aliphatic heterocycles. The van der Waals surface area contributed by atoms with E-state index in [1.165, 1.54) is 23.2 Å². The molecule has 0 saturated carbocycles. The summed E-state index contributed by atoms with van der Waals surface area (Å²) in [5.74, 6) is -1.40. The molecule has 1 aromatic carbocycles. The number of benzene rings is 1. The Morgan fingerprint density at radius 3 is 2.59 bits per heavy atom. The lowest BCUT2D eigenvalue weighted by Gasteiger charge is -2.24. The maximum Gasteiger partial charge on any atom is 0.433 e. The van der Waals surface area contributed by atoms with Crippen LogP contribution < -0.4 is 26.8 Å². The molecule has 2 atom stereocenters. The van der Waals surface area contributed by atoms with Crippen LogP contribution in [0, 0.1) is 0 Å². The second-order valence-corrected chi connectivity index (χ2v) is 12.0. The zero-order valence-electron chi connectivity index (χ0n) is 24.3. The number of aromatic nitrogens is 6. The second kappa shape index (κ2) is 13.7. The standard InChI is InChI=1S/C30H29F3N10O2S/c31-30(32,33)17-46(45)27-20(12-36-18-38-27)16-43-26-19(11-25(28(43)44)40-24-4-2-10-35-15-24)13-37-29(42-26)41-22-7-5-21(6-8-22)39-23-3-1-9-34-14-23/h2,4-8,10-13,15,18,23,34,39-40H,1,3,9,14,16-17H2,(H,37,41,42). The van der Waals surface area contributed by atoms with Crippen molar-refractivity contribution in [2.45, 2.75) is 36.6 Å². The smallest absolute Gasteiger partial charge is 0.433 e. The van der Waals surface area contributed by atoms with Gasteiger partial charge in [0, 0.05) is 59.1 Å². The number of anilines is 5. The largest absolute Gasteiger partial charge is 0.610 e. The number of nitrogens with zero attached hydrogens (tertiary/aromatic N) is 6. The summed E-state index contributed by atoms with van der Waals surface area (Å²) < 4.78 is 53.2. The van der Waals surface area contributed by atoms with Gasteiger partial charge in [-0.15, -0.1) is 0 Å². The number of pyridine rings is 2. The summed E-state index contributed by atoms with van der Waals surface area (Å²) in [7, 11) is 0. The summed E-state index contributed by atoms with van der Waals surface area (Å²) in [6, 6.07) is 13.0. The predicted molar refractivity (Wildman–Crippen MR) is 169 cm³/mol. The lowest BCUT2D eigenvalue weighted by molar-refractivity contribution is -0.106. The second-order valence-electron chi connectivity index (χ2n) is 10.6. The Labute approximate surface area is 264 Å². The molecular weight excluding hydrogens is 621 g/mol. The number of rotatable bonds is 10. The molecule has 0 spiro atoms. The predicted octanol–water partition coefficient (Wildman–Crippen LogP) is 4.35. The molecule has 4 aromatic heterocycles. The van der Waals surface area contributed by atoms with Gasteiger partial charge in [0.2, 0.25) is 11.7 Å². The highest BCUT2D eigenvalue weighted by Crippen LogP contribution is 2.26. The van der Waals surface area contributed by atoms with E-state index in [2.05, 4.69) is 46.2 Å². The molecule has 0 bridgehead atoms. The Kier molecular flexibility index (Phi) is 9.28. The molecule has 1 aliphatic rings. The number of hydrogen-bond donors (Lipinski definition) is 4. The van der Waals surface area contributed by atoms with E-state index in [0.29, 0.717) is 22.8 Å². The average molecular weight is 651 g/mol. The highest BCUT2D eigenvalue weighted by atomic mass is 32.2. The van der Waals surface area contributed by atoms with E-state index in [0.717, 1.165) is 37.9 Å². The summed E-state index contributed by atoms with van der Waals surface area (Å²) >= 11 is -2.52. The lowest BCUT2D eigenvalue weighted by Crippen LogP contribution is -2.38. The van der Waals surface area contributed by atoms with Crippen LogP contribution in [0.5, 0.6) is 0 Å². The van der Waals surface area contributed by atoms with E-state index >= 15 is 0 Å². The fourth-order valence-electron chi connectivity index (χ4n) is 5.09. The van der Waals surface area contributed by atoms with Crippen LogP contribution in [0.25, 0.3) is 11.0 Å². The summed E-state index contributed by atoms with van der Waals surface area (Å²) in [6.45, 7) is 1.63. The van der Waals surface area contributed by atoms with Gasteiger partial charge < -0.3 is 25.8 Å². The molecule has 5 aromatic rings. The molecule has 0 aliphatic carbocycles. The number of nitrogens with one attached hydrogen (secondary N) is 4. The molecule has 2 unspecified atom stereocenters. The first kappa shape index (κ1) is 31.2. The topological polar surface area (TPSA) is 158 Å². The van der Waals surface area contributed by atoms with Crippen molar-refractivity contribution < 1.29 is 17.7 Å². The van der Waals surface area contributed by atoms with Gasteiger partial charge in [-0.3, -0.25) is 14.3 Å². The zero-order valence-corrected chi connectivity index (χ0v) is 25.1. The maximum absolute atomic E-state index is 13.9. The van der Waals surface area contributed by atoms with Gasteiger partial charge in [0.1, 0.15) is 17.7 Å².